The Labute approximate surface area is 118 Å². The van der Waals surface area contributed by atoms with Crippen LogP contribution in [0.15, 0.2) is 18.2 Å². The summed E-state index contributed by atoms with van der Waals surface area (Å²) < 4.78 is 18.1. The number of halogens is 1. The van der Waals surface area contributed by atoms with Crippen LogP contribution >= 0.6 is 0 Å². The summed E-state index contributed by atoms with van der Waals surface area (Å²) >= 11 is 0. The van der Waals surface area contributed by atoms with Crippen molar-refractivity contribution in [2.75, 3.05) is 13.1 Å². The highest BCUT2D eigenvalue weighted by Crippen LogP contribution is 2.19. The van der Waals surface area contributed by atoms with Crippen LogP contribution in [-0.4, -0.2) is 29.9 Å². The number of carbonyl (C=O) groups excluding carboxylic acids is 1. The Morgan fingerprint density at radius 1 is 1.35 bits per heavy atom. The fourth-order valence-corrected chi connectivity index (χ4v) is 1.49. The summed E-state index contributed by atoms with van der Waals surface area (Å²) in [5.41, 5.74) is -0.0486. The Hall–Kier alpha value is -1.82. The Balaban J connectivity index is 2.23. The first-order chi connectivity index (χ1) is 9.29. The standard InChI is InChI=1S/C14H21FN2O3/c1-14(2,3)20-13(19)17-8-7-16-9-10-5-4-6-11(15)12(10)18/h4-6,16,18H,7-9H2,1-3H3,(H,17,19). The minimum Gasteiger partial charge on any atom is -0.505 e. The number of alkyl carbamates (subject to hydrolysis) is 1. The third-order valence-electron chi connectivity index (χ3n) is 2.36. The quantitative estimate of drug-likeness (QED) is 0.725. The third-order valence-corrected chi connectivity index (χ3v) is 2.36. The van der Waals surface area contributed by atoms with Gasteiger partial charge in [0.05, 0.1) is 0 Å². The molecule has 0 heterocycles. The van der Waals surface area contributed by atoms with Gasteiger partial charge in [-0.2, -0.15) is 0 Å². The van der Waals surface area contributed by atoms with Crippen LogP contribution in [0.1, 0.15) is 26.3 Å². The van der Waals surface area contributed by atoms with Crippen molar-refractivity contribution in [2.24, 2.45) is 0 Å². The topological polar surface area (TPSA) is 70.6 Å². The summed E-state index contributed by atoms with van der Waals surface area (Å²) in [5, 5.41) is 15.0. The van der Waals surface area contributed by atoms with Crippen molar-refractivity contribution in [2.45, 2.75) is 32.9 Å². The van der Waals surface area contributed by atoms with E-state index in [1.165, 1.54) is 12.1 Å². The molecular formula is C14H21FN2O3. The van der Waals surface area contributed by atoms with Gasteiger partial charge in [-0.15, -0.1) is 0 Å². The smallest absolute Gasteiger partial charge is 0.407 e. The van der Waals surface area contributed by atoms with E-state index in [2.05, 4.69) is 10.6 Å². The van der Waals surface area contributed by atoms with Crippen molar-refractivity contribution in [1.29, 1.82) is 0 Å². The predicted molar refractivity (Wildman–Crippen MR) is 74.0 cm³/mol. The number of rotatable bonds is 5. The second-order valence-electron chi connectivity index (χ2n) is 5.35. The second-order valence-corrected chi connectivity index (χ2v) is 5.35. The molecule has 1 amide bonds. The Morgan fingerprint density at radius 3 is 2.70 bits per heavy atom. The molecule has 0 fully saturated rings. The molecule has 112 valence electrons. The van der Waals surface area contributed by atoms with E-state index in [0.717, 1.165) is 0 Å². The maximum atomic E-state index is 13.1. The molecule has 3 N–H and O–H groups in total. The zero-order chi connectivity index (χ0) is 15.2. The lowest BCUT2D eigenvalue weighted by molar-refractivity contribution is 0.0528. The summed E-state index contributed by atoms with van der Waals surface area (Å²) in [6, 6.07) is 4.36. The number of hydrogen-bond donors (Lipinski definition) is 3. The summed E-state index contributed by atoms with van der Waals surface area (Å²) in [5.74, 6) is -0.990. The van der Waals surface area contributed by atoms with Crippen LogP contribution in [-0.2, 0) is 11.3 Å². The predicted octanol–water partition coefficient (Wildman–Crippen LogP) is 2.15. The van der Waals surface area contributed by atoms with Gasteiger partial charge in [-0.1, -0.05) is 12.1 Å². The van der Waals surface area contributed by atoms with E-state index < -0.39 is 17.5 Å². The van der Waals surface area contributed by atoms with E-state index in [1.54, 1.807) is 26.8 Å². The summed E-state index contributed by atoms with van der Waals surface area (Å²) in [6.45, 7) is 6.55. The van der Waals surface area contributed by atoms with Gasteiger partial charge < -0.3 is 20.5 Å². The molecule has 1 aromatic rings. The number of carbonyl (C=O) groups is 1. The number of phenolic OH excluding ortho intramolecular Hbond substituents is 1. The van der Waals surface area contributed by atoms with Gasteiger partial charge in [0.2, 0.25) is 0 Å². The number of para-hydroxylation sites is 1. The first-order valence-corrected chi connectivity index (χ1v) is 6.43. The molecule has 20 heavy (non-hydrogen) atoms. The van der Waals surface area contributed by atoms with Crippen LogP contribution in [0.4, 0.5) is 9.18 Å². The Kier molecular flexibility index (Phi) is 5.76. The lowest BCUT2D eigenvalue weighted by Gasteiger charge is -2.19. The van der Waals surface area contributed by atoms with E-state index in [0.29, 0.717) is 25.2 Å². The van der Waals surface area contributed by atoms with Crippen LogP contribution in [0, 0.1) is 5.82 Å². The van der Waals surface area contributed by atoms with Crippen molar-refractivity contribution >= 4 is 6.09 Å². The second kappa shape index (κ2) is 7.09. The van der Waals surface area contributed by atoms with E-state index >= 15 is 0 Å². The fourth-order valence-electron chi connectivity index (χ4n) is 1.49. The number of ether oxygens (including phenoxy) is 1. The van der Waals surface area contributed by atoms with Crippen molar-refractivity contribution in [3.05, 3.63) is 29.6 Å². The van der Waals surface area contributed by atoms with E-state index in [4.69, 9.17) is 4.74 Å². The lowest BCUT2D eigenvalue weighted by Crippen LogP contribution is -2.36. The SMILES string of the molecule is CC(C)(C)OC(=O)NCCNCc1cccc(F)c1O. The zero-order valence-electron chi connectivity index (χ0n) is 12.0. The van der Waals surface area contributed by atoms with E-state index in [-0.39, 0.29) is 5.75 Å². The first kappa shape index (κ1) is 16.2. The molecule has 0 aliphatic carbocycles. The van der Waals surface area contributed by atoms with Gasteiger partial charge >= 0.3 is 6.09 Å². The van der Waals surface area contributed by atoms with Crippen LogP contribution in [0.25, 0.3) is 0 Å². The zero-order valence-corrected chi connectivity index (χ0v) is 12.0. The molecular weight excluding hydrogens is 263 g/mol. The molecule has 0 radical (unpaired) electrons. The number of aromatic hydroxyl groups is 1. The first-order valence-electron chi connectivity index (χ1n) is 6.43. The lowest BCUT2D eigenvalue weighted by atomic mass is 10.2. The van der Waals surface area contributed by atoms with Crippen LogP contribution in [0.5, 0.6) is 5.75 Å². The molecule has 0 aliphatic heterocycles. The number of amides is 1. The molecule has 6 heteroatoms. The number of benzene rings is 1. The maximum Gasteiger partial charge on any atom is 0.407 e. The van der Waals surface area contributed by atoms with Gasteiger partial charge in [-0.05, 0) is 26.8 Å². The maximum absolute atomic E-state index is 13.1. The van der Waals surface area contributed by atoms with Crippen molar-refractivity contribution in [3.8, 4) is 5.75 Å². The molecule has 0 bridgehead atoms. The summed E-state index contributed by atoms with van der Waals surface area (Å²) in [6.07, 6.45) is -0.479. The number of hydrogen-bond acceptors (Lipinski definition) is 4. The minimum absolute atomic E-state index is 0.319. The van der Waals surface area contributed by atoms with Crippen molar-refractivity contribution < 1.29 is 19.0 Å². The van der Waals surface area contributed by atoms with Gasteiger partial charge in [-0.25, -0.2) is 9.18 Å². The minimum atomic E-state index is -0.642. The van der Waals surface area contributed by atoms with Gasteiger partial charge in [0.15, 0.2) is 11.6 Å². The highest BCUT2D eigenvalue weighted by Gasteiger charge is 2.15. The molecule has 1 aromatic carbocycles. The van der Waals surface area contributed by atoms with Gasteiger partial charge in [0.25, 0.3) is 0 Å². The third kappa shape index (κ3) is 5.88. The van der Waals surface area contributed by atoms with Gasteiger partial charge in [-0.3, -0.25) is 0 Å². The molecule has 0 saturated heterocycles. The van der Waals surface area contributed by atoms with Gasteiger partial charge in [0.1, 0.15) is 5.60 Å². The molecule has 0 saturated carbocycles. The number of phenols is 1. The monoisotopic (exact) mass is 284 g/mol. The van der Waals surface area contributed by atoms with Gasteiger partial charge in [0, 0.05) is 25.2 Å². The molecule has 0 aliphatic rings. The number of nitrogens with one attached hydrogen (secondary N) is 2. The molecule has 0 spiro atoms. The summed E-state index contributed by atoms with van der Waals surface area (Å²) in [4.78, 5) is 11.3. The normalized spacial score (nSPS) is 11.2. The molecule has 0 atom stereocenters. The molecule has 0 unspecified atom stereocenters. The Morgan fingerprint density at radius 2 is 2.05 bits per heavy atom. The van der Waals surface area contributed by atoms with E-state index in [1.807, 2.05) is 0 Å². The van der Waals surface area contributed by atoms with Crippen molar-refractivity contribution in [3.63, 3.8) is 0 Å². The van der Waals surface area contributed by atoms with Crippen LogP contribution in [0.3, 0.4) is 0 Å². The van der Waals surface area contributed by atoms with E-state index in [9.17, 15) is 14.3 Å². The summed E-state index contributed by atoms with van der Waals surface area (Å²) in [7, 11) is 0. The fraction of sp³-hybridized carbons (Fsp3) is 0.500. The average molecular weight is 284 g/mol. The van der Waals surface area contributed by atoms with Crippen molar-refractivity contribution in [1.82, 2.24) is 10.6 Å². The molecule has 5 nitrogen and oxygen atoms in total. The Bertz CT molecular complexity index is 458. The van der Waals surface area contributed by atoms with Crippen LogP contribution < -0.4 is 10.6 Å². The highest BCUT2D eigenvalue weighted by molar-refractivity contribution is 5.67. The molecule has 1 rings (SSSR count). The average Bonchev–Trinajstić information content (AvgIpc) is 2.31. The highest BCUT2D eigenvalue weighted by atomic mass is 19.1. The van der Waals surface area contributed by atoms with Crippen LogP contribution in [0.2, 0.25) is 0 Å². The molecule has 0 aromatic heterocycles. The largest absolute Gasteiger partial charge is 0.505 e.